The number of rotatable bonds is 2. The van der Waals surface area contributed by atoms with Crippen LogP contribution >= 0.6 is 0 Å². The molecule has 0 amide bonds. The minimum absolute atomic E-state index is 0.174. The number of hydrogen-bond donors (Lipinski definition) is 3. The van der Waals surface area contributed by atoms with Crippen molar-refractivity contribution in [3.8, 4) is 17.2 Å². The molecule has 102 valence electrons. The molecule has 0 spiro atoms. The van der Waals surface area contributed by atoms with Gasteiger partial charge in [0.15, 0.2) is 11.5 Å². The second-order valence-electron chi connectivity index (χ2n) is 4.35. The van der Waals surface area contributed by atoms with Crippen LogP contribution in [0.3, 0.4) is 0 Å². The average Bonchev–Trinajstić information content (AvgIpc) is 2.37. The van der Waals surface area contributed by atoms with Gasteiger partial charge in [-0.05, 0) is 57.9 Å². The van der Waals surface area contributed by atoms with E-state index in [2.05, 4.69) is 0 Å². The Kier molecular flexibility index (Phi) is 2.96. The molecule has 0 fully saturated rings. The lowest BCUT2D eigenvalue weighted by atomic mass is 10.0. The molecule has 0 aromatic heterocycles. The smallest absolute Gasteiger partial charge is 0.357 e. The molecule has 3 rings (SSSR count). The summed E-state index contributed by atoms with van der Waals surface area (Å²) in [4.78, 5) is 0. The first-order chi connectivity index (χ1) is 9.52. The minimum Gasteiger partial charge on any atom is -0.504 e. The number of benzene rings is 3. The van der Waals surface area contributed by atoms with E-state index in [1.165, 1.54) is 12.1 Å². The van der Waals surface area contributed by atoms with Crippen molar-refractivity contribution in [2.24, 2.45) is 0 Å². The molecule has 3 aromatic rings. The van der Waals surface area contributed by atoms with E-state index in [0.29, 0.717) is 0 Å². The Hall–Kier alpha value is -2.31. The van der Waals surface area contributed by atoms with E-state index in [-0.39, 0.29) is 17.2 Å². The summed E-state index contributed by atoms with van der Waals surface area (Å²) < 4.78 is 24.0. The largest absolute Gasteiger partial charge is 0.504 e. The van der Waals surface area contributed by atoms with Crippen LogP contribution in [-0.4, -0.2) is 19.0 Å². The number of hydrogen-bond acceptors (Lipinski definition) is 4. The molecule has 20 heavy (non-hydrogen) atoms. The number of phenols is 2. The molecular formula is C14H10O5S. The summed E-state index contributed by atoms with van der Waals surface area (Å²) in [5.41, 5.74) is 0. The lowest BCUT2D eigenvalue weighted by Crippen LogP contribution is -1.96. The zero-order valence-corrected chi connectivity index (χ0v) is 10.9. The van der Waals surface area contributed by atoms with Gasteiger partial charge in [0.05, 0.1) is 0 Å². The summed E-state index contributed by atoms with van der Waals surface area (Å²) in [5.74, 6) is -0.0890. The molecule has 0 bridgehead atoms. The quantitative estimate of drug-likeness (QED) is 0.384. The van der Waals surface area contributed by atoms with Crippen molar-refractivity contribution in [2.45, 2.75) is 0 Å². The van der Waals surface area contributed by atoms with Crippen LogP contribution in [0.1, 0.15) is 0 Å². The van der Waals surface area contributed by atoms with Crippen LogP contribution < -0.4 is 4.18 Å². The van der Waals surface area contributed by atoms with E-state index < -0.39 is 11.4 Å². The summed E-state index contributed by atoms with van der Waals surface area (Å²) in [5, 5.41) is 22.2. The molecule has 1 unspecified atom stereocenters. The predicted molar refractivity (Wildman–Crippen MR) is 76.2 cm³/mol. The Morgan fingerprint density at radius 1 is 0.800 bits per heavy atom. The zero-order valence-electron chi connectivity index (χ0n) is 10.1. The maximum atomic E-state index is 10.6. The molecule has 0 radical (unpaired) electrons. The van der Waals surface area contributed by atoms with Crippen LogP contribution in [0.2, 0.25) is 0 Å². The summed E-state index contributed by atoms with van der Waals surface area (Å²) in [7, 11) is 0. The Balaban J connectivity index is 2.22. The third kappa shape index (κ3) is 2.26. The molecular weight excluding hydrogens is 280 g/mol. The van der Waals surface area contributed by atoms with E-state index >= 15 is 0 Å². The van der Waals surface area contributed by atoms with Gasteiger partial charge in [-0.2, -0.15) is 4.21 Å². The van der Waals surface area contributed by atoms with Crippen LogP contribution in [0, 0.1) is 0 Å². The third-order valence-corrected chi connectivity index (χ3v) is 3.36. The Morgan fingerprint density at radius 2 is 1.35 bits per heavy atom. The van der Waals surface area contributed by atoms with Crippen LogP contribution in [0.5, 0.6) is 17.2 Å². The third-order valence-electron chi connectivity index (χ3n) is 3.03. The Labute approximate surface area is 116 Å². The Bertz CT molecular complexity index is 844. The highest BCUT2D eigenvalue weighted by Gasteiger charge is 2.06. The van der Waals surface area contributed by atoms with Crippen molar-refractivity contribution >= 4 is 32.9 Å². The van der Waals surface area contributed by atoms with E-state index in [4.69, 9.17) is 8.74 Å². The second-order valence-corrected chi connectivity index (χ2v) is 4.95. The van der Waals surface area contributed by atoms with E-state index in [0.717, 1.165) is 21.5 Å². The lowest BCUT2D eigenvalue weighted by Gasteiger charge is -2.06. The fourth-order valence-corrected chi connectivity index (χ4v) is 2.41. The lowest BCUT2D eigenvalue weighted by molar-refractivity contribution is 0.405. The number of phenolic OH excluding ortho intramolecular Hbond substituents is 2. The van der Waals surface area contributed by atoms with Gasteiger partial charge >= 0.3 is 11.4 Å². The van der Waals surface area contributed by atoms with Crippen molar-refractivity contribution < 1.29 is 23.2 Å². The summed E-state index contributed by atoms with van der Waals surface area (Å²) in [6.45, 7) is 0. The maximum Gasteiger partial charge on any atom is 0.357 e. The van der Waals surface area contributed by atoms with Crippen molar-refractivity contribution in [1.82, 2.24) is 0 Å². The summed E-state index contributed by atoms with van der Waals surface area (Å²) in [6, 6.07) is 11.6. The highest BCUT2D eigenvalue weighted by molar-refractivity contribution is 7.74. The fraction of sp³-hybridized carbons (Fsp3) is 0. The summed E-state index contributed by atoms with van der Waals surface area (Å²) in [6.07, 6.45) is 0. The van der Waals surface area contributed by atoms with Gasteiger partial charge in [-0.1, -0.05) is 6.07 Å². The molecule has 0 aliphatic rings. The normalized spacial score (nSPS) is 12.7. The Morgan fingerprint density at radius 3 is 1.95 bits per heavy atom. The first-order valence-electron chi connectivity index (χ1n) is 5.71. The molecule has 5 nitrogen and oxygen atoms in total. The number of aromatic hydroxyl groups is 2. The van der Waals surface area contributed by atoms with Crippen LogP contribution in [0.15, 0.2) is 42.5 Å². The molecule has 0 saturated carbocycles. The highest BCUT2D eigenvalue weighted by Crippen LogP contribution is 2.33. The fourth-order valence-electron chi connectivity index (χ4n) is 2.14. The first-order valence-corrected chi connectivity index (χ1v) is 6.75. The molecule has 0 heterocycles. The van der Waals surface area contributed by atoms with Crippen LogP contribution in [-0.2, 0) is 11.4 Å². The molecule has 6 heteroatoms. The topological polar surface area (TPSA) is 87.0 Å². The van der Waals surface area contributed by atoms with Crippen molar-refractivity contribution in [2.75, 3.05) is 0 Å². The van der Waals surface area contributed by atoms with Gasteiger partial charge in [-0.25, -0.2) is 0 Å². The average molecular weight is 290 g/mol. The molecule has 0 saturated heterocycles. The monoisotopic (exact) mass is 290 g/mol. The van der Waals surface area contributed by atoms with Gasteiger partial charge in [0.25, 0.3) is 0 Å². The van der Waals surface area contributed by atoms with Gasteiger partial charge in [0.1, 0.15) is 5.75 Å². The van der Waals surface area contributed by atoms with Gasteiger partial charge in [0.2, 0.25) is 0 Å². The maximum absolute atomic E-state index is 10.6. The first kappa shape index (κ1) is 12.7. The summed E-state index contributed by atoms with van der Waals surface area (Å²) >= 11 is -2.37. The number of fused-ring (bicyclic) bond motifs is 2. The molecule has 0 aliphatic heterocycles. The molecule has 0 aliphatic carbocycles. The SMILES string of the molecule is O=S(O)Oc1ccc2cc3cc(O)c(O)cc3cc2c1. The minimum atomic E-state index is -2.37. The molecule has 3 aromatic carbocycles. The standard InChI is InChI=1S/C14H10O5S/c15-13-6-10-3-8-1-2-12(19-20(17)18)5-9(8)4-11(10)7-14(13)16/h1-7,15-16H,(H,17,18). The van der Waals surface area contributed by atoms with Crippen LogP contribution in [0.4, 0.5) is 0 Å². The zero-order chi connectivity index (χ0) is 14.3. The second kappa shape index (κ2) is 4.66. The van der Waals surface area contributed by atoms with E-state index in [9.17, 15) is 14.4 Å². The van der Waals surface area contributed by atoms with Crippen molar-refractivity contribution in [3.63, 3.8) is 0 Å². The van der Waals surface area contributed by atoms with E-state index in [1.54, 1.807) is 24.3 Å². The highest BCUT2D eigenvalue weighted by atomic mass is 32.2. The van der Waals surface area contributed by atoms with Crippen molar-refractivity contribution in [3.05, 3.63) is 42.5 Å². The van der Waals surface area contributed by atoms with Gasteiger partial charge < -0.3 is 14.4 Å². The predicted octanol–water partition coefficient (Wildman–Crippen LogP) is 2.92. The van der Waals surface area contributed by atoms with Gasteiger partial charge in [-0.15, -0.1) is 0 Å². The van der Waals surface area contributed by atoms with Crippen molar-refractivity contribution in [1.29, 1.82) is 0 Å². The van der Waals surface area contributed by atoms with Gasteiger partial charge in [0, 0.05) is 0 Å². The van der Waals surface area contributed by atoms with E-state index in [1.807, 2.05) is 6.07 Å². The van der Waals surface area contributed by atoms with Gasteiger partial charge in [-0.3, -0.25) is 4.55 Å². The van der Waals surface area contributed by atoms with Crippen LogP contribution in [0.25, 0.3) is 21.5 Å². The molecule has 3 N–H and O–H groups in total. The molecule has 1 atom stereocenters.